The molecular weight excluding hydrogens is 426 g/mol. The molecule has 0 aliphatic heterocycles. The minimum Gasteiger partial charge on any atom is -0.481 e. The van der Waals surface area contributed by atoms with Gasteiger partial charge in [-0.15, -0.1) is 0 Å². The van der Waals surface area contributed by atoms with Crippen molar-refractivity contribution in [3.8, 4) is 0 Å². The van der Waals surface area contributed by atoms with E-state index >= 15 is 0 Å². The molecule has 2 aromatic rings. The number of carboxylic acids is 1. The first kappa shape index (κ1) is 25.3. The van der Waals surface area contributed by atoms with Crippen molar-refractivity contribution >= 4 is 36.5 Å². The Morgan fingerprint density at radius 2 is 1.47 bits per heavy atom. The topological polar surface area (TPSA) is 102 Å². The molecule has 0 bridgehead atoms. The molecule has 0 fully saturated rings. The normalized spacial score (nSPS) is 12.6. The zero-order valence-electron chi connectivity index (χ0n) is 19.0. The van der Waals surface area contributed by atoms with Crippen LogP contribution in [-0.2, 0) is 18.8 Å². The molecule has 1 unspecified atom stereocenters. The summed E-state index contributed by atoms with van der Waals surface area (Å²) in [4.78, 5) is 35.0. The second-order valence-electron chi connectivity index (χ2n) is 8.62. The molecule has 2 N–H and O–H groups in total. The Morgan fingerprint density at radius 3 is 1.88 bits per heavy atom. The van der Waals surface area contributed by atoms with Gasteiger partial charge in [-0.2, -0.15) is 0 Å². The number of hydrogen-bond donors (Lipinski definition) is 2. The van der Waals surface area contributed by atoms with Crippen LogP contribution in [0.1, 0.15) is 33.6 Å². The van der Waals surface area contributed by atoms with E-state index in [-0.39, 0.29) is 18.1 Å². The SMILES string of the molecule is COC(=O)NC(CO[Si](c1ccccc1)(c1ccccc1)C(C)(C)C)CC(=O)CC(=O)O. The number of Topliss-reactive ketones (excluding diaryl/α,β-unsaturated/α-hetero) is 1. The summed E-state index contributed by atoms with van der Waals surface area (Å²) in [5.41, 5.74) is 0. The van der Waals surface area contributed by atoms with Crippen LogP contribution in [0.25, 0.3) is 0 Å². The molecule has 0 saturated carbocycles. The maximum atomic E-state index is 12.2. The van der Waals surface area contributed by atoms with Crippen molar-refractivity contribution in [3.05, 3.63) is 60.7 Å². The molecule has 0 aliphatic carbocycles. The van der Waals surface area contributed by atoms with Gasteiger partial charge in [0.05, 0.1) is 19.8 Å². The van der Waals surface area contributed by atoms with Gasteiger partial charge in [-0.1, -0.05) is 81.4 Å². The van der Waals surface area contributed by atoms with Crippen LogP contribution in [0.4, 0.5) is 4.79 Å². The number of ketones is 1. The average Bonchev–Trinajstić information content (AvgIpc) is 2.74. The van der Waals surface area contributed by atoms with Gasteiger partial charge in [0, 0.05) is 6.42 Å². The van der Waals surface area contributed by atoms with E-state index in [4.69, 9.17) is 9.53 Å². The predicted molar refractivity (Wildman–Crippen MR) is 125 cm³/mol. The third-order valence-corrected chi connectivity index (χ3v) is 10.3. The number of rotatable bonds is 10. The molecule has 2 rings (SSSR count). The second-order valence-corrected chi connectivity index (χ2v) is 12.9. The molecule has 8 heteroatoms. The highest BCUT2D eigenvalue weighted by molar-refractivity contribution is 6.99. The zero-order chi connectivity index (χ0) is 23.8. The predicted octanol–water partition coefficient (Wildman–Crippen LogP) is 2.72. The van der Waals surface area contributed by atoms with Gasteiger partial charge in [0.25, 0.3) is 8.32 Å². The third-order valence-electron chi connectivity index (χ3n) is 5.25. The zero-order valence-corrected chi connectivity index (χ0v) is 20.0. The first-order valence-corrected chi connectivity index (χ1v) is 12.3. The largest absolute Gasteiger partial charge is 0.481 e. The number of amides is 1. The van der Waals surface area contributed by atoms with Crippen molar-refractivity contribution in [1.29, 1.82) is 0 Å². The Balaban J connectivity index is 2.45. The average molecular weight is 458 g/mol. The van der Waals surface area contributed by atoms with Crippen LogP contribution in [-0.4, -0.2) is 51.0 Å². The number of carbonyl (C=O) groups excluding carboxylic acids is 2. The van der Waals surface area contributed by atoms with Crippen molar-refractivity contribution < 1.29 is 28.7 Å². The van der Waals surface area contributed by atoms with Crippen LogP contribution in [0, 0.1) is 0 Å². The highest BCUT2D eigenvalue weighted by Gasteiger charge is 2.50. The number of nitrogens with one attached hydrogen (secondary N) is 1. The van der Waals surface area contributed by atoms with Crippen molar-refractivity contribution in [1.82, 2.24) is 5.32 Å². The number of hydrogen-bond acceptors (Lipinski definition) is 5. The Kier molecular flexibility index (Phi) is 8.74. The van der Waals surface area contributed by atoms with Gasteiger partial charge in [0.1, 0.15) is 12.2 Å². The molecule has 0 saturated heterocycles. The van der Waals surface area contributed by atoms with Gasteiger partial charge >= 0.3 is 12.1 Å². The lowest BCUT2D eigenvalue weighted by molar-refractivity contribution is -0.140. The van der Waals surface area contributed by atoms with E-state index in [9.17, 15) is 14.4 Å². The number of aliphatic carboxylic acids is 1. The first-order chi connectivity index (χ1) is 15.1. The Hall–Kier alpha value is -2.97. The Bertz CT molecular complexity index is 872. The monoisotopic (exact) mass is 457 g/mol. The van der Waals surface area contributed by atoms with E-state index in [1.54, 1.807) is 0 Å². The minimum absolute atomic E-state index is 0.0355. The fourth-order valence-electron chi connectivity index (χ4n) is 3.88. The lowest BCUT2D eigenvalue weighted by Gasteiger charge is -2.43. The van der Waals surface area contributed by atoms with Gasteiger partial charge in [-0.05, 0) is 15.4 Å². The summed E-state index contributed by atoms with van der Waals surface area (Å²) < 4.78 is 11.4. The number of alkyl carbamates (subject to hydrolysis) is 1. The van der Waals surface area contributed by atoms with Gasteiger partial charge in [0.15, 0.2) is 0 Å². The summed E-state index contributed by atoms with van der Waals surface area (Å²) in [6, 6.07) is 19.2. The highest BCUT2D eigenvalue weighted by atomic mass is 28.4. The van der Waals surface area contributed by atoms with Gasteiger partial charge < -0.3 is 19.6 Å². The molecule has 0 aromatic heterocycles. The van der Waals surface area contributed by atoms with Crippen LogP contribution >= 0.6 is 0 Å². The summed E-state index contributed by atoms with van der Waals surface area (Å²) in [5, 5.41) is 13.4. The quantitative estimate of drug-likeness (QED) is 0.420. The molecule has 7 nitrogen and oxygen atoms in total. The van der Waals surface area contributed by atoms with Crippen LogP contribution in [0.3, 0.4) is 0 Å². The van der Waals surface area contributed by atoms with E-state index < -0.39 is 38.6 Å². The van der Waals surface area contributed by atoms with Crippen LogP contribution in [0.2, 0.25) is 5.04 Å². The molecule has 0 spiro atoms. The number of methoxy groups -OCH3 is 1. The number of carbonyl (C=O) groups is 3. The number of ether oxygens (including phenoxy) is 1. The highest BCUT2D eigenvalue weighted by Crippen LogP contribution is 2.36. The van der Waals surface area contributed by atoms with Crippen molar-refractivity contribution in [3.63, 3.8) is 0 Å². The number of carboxylic acid groups (broad SMARTS) is 1. The molecule has 0 heterocycles. The van der Waals surface area contributed by atoms with E-state index in [1.807, 2.05) is 60.7 Å². The molecule has 32 heavy (non-hydrogen) atoms. The maximum Gasteiger partial charge on any atom is 0.407 e. The minimum atomic E-state index is -2.88. The van der Waals surface area contributed by atoms with E-state index in [0.29, 0.717) is 0 Å². The van der Waals surface area contributed by atoms with Crippen molar-refractivity contribution in [2.75, 3.05) is 13.7 Å². The Labute approximate surface area is 189 Å². The van der Waals surface area contributed by atoms with Crippen molar-refractivity contribution in [2.24, 2.45) is 0 Å². The fourth-order valence-corrected chi connectivity index (χ4v) is 8.49. The fraction of sp³-hybridized carbons (Fsp3) is 0.375. The molecule has 1 amide bonds. The van der Waals surface area contributed by atoms with Crippen LogP contribution < -0.4 is 15.7 Å². The summed E-state index contributed by atoms with van der Waals surface area (Å²) in [5.74, 6) is -1.70. The molecule has 0 radical (unpaired) electrons. The molecule has 172 valence electrons. The van der Waals surface area contributed by atoms with Crippen molar-refractivity contribution in [2.45, 2.75) is 44.7 Å². The lowest BCUT2D eigenvalue weighted by Crippen LogP contribution is -2.67. The summed E-state index contributed by atoms with van der Waals surface area (Å²) in [7, 11) is -1.65. The number of benzene rings is 2. The lowest BCUT2D eigenvalue weighted by atomic mass is 10.1. The third kappa shape index (κ3) is 6.27. The van der Waals surface area contributed by atoms with Crippen LogP contribution in [0.5, 0.6) is 0 Å². The van der Waals surface area contributed by atoms with Gasteiger partial charge in [-0.25, -0.2) is 4.79 Å². The first-order valence-electron chi connectivity index (χ1n) is 10.4. The van der Waals surface area contributed by atoms with Gasteiger partial charge in [0.2, 0.25) is 0 Å². The molecular formula is C24H31NO6Si. The summed E-state index contributed by atoms with van der Waals surface area (Å²) in [6.07, 6.45) is -1.48. The van der Waals surface area contributed by atoms with Crippen LogP contribution in [0.15, 0.2) is 60.7 Å². The maximum absolute atomic E-state index is 12.2. The summed E-state index contributed by atoms with van der Waals surface area (Å²) in [6.45, 7) is 6.40. The Morgan fingerprint density at radius 1 is 0.969 bits per heavy atom. The van der Waals surface area contributed by atoms with E-state index in [0.717, 1.165) is 10.4 Å². The van der Waals surface area contributed by atoms with Gasteiger partial charge in [-0.3, -0.25) is 9.59 Å². The van der Waals surface area contributed by atoms with E-state index in [2.05, 4.69) is 30.8 Å². The molecule has 0 aliphatic rings. The second kappa shape index (κ2) is 11.1. The van der Waals surface area contributed by atoms with E-state index in [1.165, 1.54) is 7.11 Å². The molecule has 1 atom stereocenters. The smallest absolute Gasteiger partial charge is 0.407 e. The molecule has 2 aromatic carbocycles. The standard InChI is InChI=1S/C24H31NO6Si/c1-24(2,3)32(20-11-7-5-8-12-20,21-13-9-6-10-14-21)31-17-18(25-23(29)30-4)15-19(26)16-22(27)28/h5-14,18H,15-17H2,1-4H3,(H,25,29)(H,27,28). The summed E-state index contributed by atoms with van der Waals surface area (Å²) >= 11 is 0.